The van der Waals surface area contributed by atoms with E-state index < -0.39 is 0 Å². The van der Waals surface area contributed by atoms with Gasteiger partial charge in [-0.2, -0.15) is 4.98 Å². The lowest BCUT2D eigenvalue weighted by atomic mass is 10.1. The molecule has 9 nitrogen and oxygen atoms in total. The third-order valence-electron chi connectivity index (χ3n) is 4.13. The molecular formula is C20H22N4O5. The van der Waals surface area contributed by atoms with E-state index in [1.807, 2.05) is 12.1 Å². The highest BCUT2D eigenvalue weighted by atomic mass is 16.5. The predicted molar refractivity (Wildman–Crippen MR) is 106 cm³/mol. The SMILES string of the molecule is CCOC(=O)CN(C)c1ccc(-c2nc(-c3cccc(OC)c3OC)no2)cn1. The molecule has 0 N–H and O–H groups in total. The van der Waals surface area contributed by atoms with Crippen molar-refractivity contribution in [3.05, 3.63) is 36.5 Å². The number of pyridine rings is 1. The molecule has 2 heterocycles. The number of esters is 1. The topological polar surface area (TPSA) is 99.8 Å². The minimum atomic E-state index is -0.311. The van der Waals surface area contributed by atoms with Crippen molar-refractivity contribution in [2.75, 3.05) is 39.3 Å². The molecule has 1 aromatic carbocycles. The van der Waals surface area contributed by atoms with Crippen LogP contribution in [0.2, 0.25) is 0 Å². The van der Waals surface area contributed by atoms with Crippen LogP contribution in [0.25, 0.3) is 22.8 Å². The first-order chi connectivity index (χ1) is 14.1. The third kappa shape index (κ3) is 4.45. The molecule has 3 aromatic rings. The second-order valence-corrected chi connectivity index (χ2v) is 6.03. The molecule has 0 saturated carbocycles. The lowest BCUT2D eigenvalue weighted by molar-refractivity contribution is -0.141. The normalized spacial score (nSPS) is 10.5. The second kappa shape index (κ2) is 9.05. The molecule has 2 aromatic heterocycles. The summed E-state index contributed by atoms with van der Waals surface area (Å²) in [4.78, 5) is 22.1. The molecule has 0 saturated heterocycles. The van der Waals surface area contributed by atoms with Gasteiger partial charge in [0.2, 0.25) is 5.82 Å². The number of likely N-dealkylation sites (N-methyl/N-ethyl adjacent to an activating group) is 1. The van der Waals surface area contributed by atoms with Gasteiger partial charge in [-0.3, -0.25) is 4.79 Å². The smallest absolute Gasteiger partial charge is 0.325 e. The fraction of sp³-hybridized carbons (Fsp3) is 0.300. The number of rotatable bonds is 8. The van der Waals surface area contributed by atoms with Crippen molar-refractivity contribution in [1.29, 1.82) is 0 Å². The van der Waals surface area contributed by atoms with Crippen LogP contribution in [0.4, 0.5) is 5.82 Å². The highest BCUT2D eigenvalue weighted by Crippen LogP contribution is 2.37. The van der Waals surface area contributed by atoms with Crippen molar-refractivity contribution in [2.24, 2.45) is 0 Å². The summed E-state index contributed by atoms with van der Waals surface area (Å²) >= 11 is 0. The van der Waals surface area contributed by atoms with Crippen LogP contribution in [-0.2, 0) is 9.53 Å². The van der Waals surface area contributed by atoms with Crippen LogP contribution in [-0.4, -0.2) is 55.5 Å². The summed E-state index contributed by atoms with van der Waals surface area (Å²) in [6.07, 6.45) is 1.61. The van der Waals surface area contributed by atoms with Crippen molar-refractivity contribution in [2.45, 2.75) is 6.92 Å². The number of anilines is 1. The quantitative estimate of drug-likeness (QED) is 0.530. The van der Waals surface area contributed by atoms with Crippen molar-refractivity contribution in [1.82, 2.24) is 15.1 Å². The molecule has 0 radical (unpaired) electrons. The number of nitrogens with zero attached hydrogens (tertiary/aromatic N) is 4. The highest BCUT2D eigenvalue weighted by Gasteiger charge is 2.18. The summed E-state index contributed by atoms with van der Waals surface area (Å²) in [5.41, 5.74) is 1.31. The number of carbonyl (C=O) groups excluding carboxylic acids is 1. The van der Waals surface area contributed by atoms with Gasteiger partial charge in [0.15, 0.2) is 11.5 Å². The van der Waals surface area contributed by atoms with Gasteiger partial charge in [-0.1, -0.05) is 11.2 Å². The number of hydrogen-bond donors (Lipinski definition) is 0. The maximum atomic E-state index is 11.6. The van der Waals surface area contributed by atoms with Crippen molar-refractivity contribution in [3.8, 4) is 34.3 Å². The number of para-hydroxylation sites is 1. The number of aromatic nitrogens is 3. The first kappa shape index (κ1) is 20.1. The van der Waals surface area contributed by atoms with Gasteiger partial charge in [-0.15, -0.1) is 0 Å². The molecule has 0 bridgehead atoms. The van der Waals surface area contributed by atoms with Crippen LogP contribution in [0, 0.1) is 0 Å². The number of ether oxygens (including phenoxy) is 3. The summed E-state index contributed by atoms with van der Waals surface area (Å²) < 4.78 is 21.1. The van der Waals surface area contributed by atoms with Crippen LogP contribution in [0.1, 0.15) is 6.92 Å². The maximum Gasteiger partial charge on any atom is 0.325 e. The van der Waals surface area contributed by atoms with Gasteiger partial charge in [0.25, 0.3) is 5.89 Å². The zero-order chi connectivity index (χ0) is 20.8. The fourth-order valence-corrected chi connectivity index (χ4v) is 2.73. The molecule has 152 valence electrons. The van der Waals surface area contributed by atoms with Gasteiger partial charge in [0, 0.05) is 13.2 Å². The minimum Gasteiger partial charge on any atom is -0.493 e. The van der Waals surface area contributed by atoms with Gasteiger partial charge < -0.3 is 23.6 Å². The van der Waals surface area contributed by atoms with Gasteiger partial charge in [-0.05, 0) is 31.2 Å². The Morgan fingerprint density at radius 3 is 2.66 bits per heavy atom. The molecule has 0 atom stereocenters. The lowest BCUT2D eigenvalue weighted by Crippen LogP contribution is -2.27. The van der Waals surface area contributed by atoms with Crippen LogP contribution in [0.5, 0.6) is 11.5 Å². The van der Waals surface area contributed by atoms with Crippen LogP contribution in [0.3, 0.4) is 0 Å². The van der Waals surface area contributed by atoms with Crippen LogP contribution in [0.15, 0.2) is 41.1 Å². The maximum absolute atomic E-state index is 11.6. The first-order valence-corrected chi connectivity index (χ1v) is 8.95. The molecule has 0 aliphatic carbocycles. The standard InChI is InChI=1S/C20H22N4O5/c1-5-28-17(25)12-24(2)16-10-9-13(11-21-16)20-22-19(23-29-20)14-7-6-8-15(26-3)18(14)27-4/h6-11H,5,12H2,1-4H3. The van der Waals surface area contributed by atoms with E-state index in [4.69, 9.17) is 18.7 Å². The summed E-state index contributed by atoms with van der Waals surface area (Å²) in [5.74, 6) is 2.10. The van der Waals surface area contributed by atoms with E-state index in [0.29, 0.717) is 46.8 Å². The Morgan fingerprint density at radius 2 is 2.00 bits per heavy atom. The molecule has 0 aliphatic rings. The van der Waals surface area contributed by atoms with Crippen LogP contribution < -0.4 is 14.4 Å². The Morgan fingerprint density at radius 1 is 1.17 bits per heavy atom. The van der Waals surface area contributed by atoms with Gasteiger partial charge in [-0.25, -0.2) is 4.98 Å². The Balaban J connectivity index is 1.80. The highest BCUT2D eigenvalue weighted by molar-refractivity contribution is 5.75. The summed E-state index contributed by atoms with van der Waals surface area (Å²) in [6.45, 7) is 2.22. The predicted octanol–water partition coefficient (Wildman–Crippen LogP) is 2.82. The molecule has 0 aliphatic heterocycles. The fourth-order valence-electron chi connectivity index (χ4n) is 2.73. The second-order valence-electron chi connectivity index (χ2n) is 6.03. The summed E-state index contributed by atoms with van der Waals surface area (Å²) in [7, 11) is 4.88. The summed E-state index contributed by atoms with van der Waals surface area (Å²) in [5, 5.41) is 4.04. The Hall–Kier alpha value is -3.62. The molecule has 0 spiro atoms. The minimum absolute atomic E-state index is 0.112. The zero-order valence-electron chi connectivity index (χ0n) is 16.7. The van der Waals surface area contributed by atoms with Gasteiger partial charge in [0.05, 0.1) is 32.0 Å². The van der Waals surface area contributed by atoms with Gasteiger partial charge >= 0.3 is 5.97 Å². The third-order valence-corrected chi connectivity index (χ3v) is 4.13. The van der Waals surface area contributed by atoms with E-state index in [0.717, 1.165) is 0 Å². The zero-order valence-corrected chi connectivity index (χ0v) is 16.7. The number of benzene rings is 1. The first-order valence-electron chi connectivity index (χ1n) is 8.95. The van der Waals surface area contributed by atoms with E-state index in [1.165, 1.54) is 0 Å². The average molecular weight is 398 g/mol. The van der Waals surface area contributed by atoms with E-state index >= 15 is 0 Å². The molecule has 9 heteroatoms. The van der Waals surface area contributed by atoms with E-state index in [1.54, 1.807) is 57.5 Å². The Bertz CT molecular complexity index is 971. The van der Waals surface area contributed by atoms with Gasteiger partial charge in [0.1, 0.15) is 12.4 Å². The molecule has 0 amide bonds. The number of hydrogen-bond acceptors (Lipinski definition) is 9. The average Bonchev–Trinajstić information content (AvgIpc) is 3.23. The van der Waals surface area contributed by atoms with Crippen LogP contribution >= 0.6 is 0 Å². The lowest BCUT2D eigenvalue weighted by Gasteiger charge is -2.16. The van der Waals surface area contributed by atoms with E-state index in [9.17, 15) is 4.79 Å². The van der Waals surface area contributed by atoms with E-state index in [-0.39, 0.29) is 12.5 Å². The summed E-state index contributed by atoms with van der Waals surface area (Å²) in [6, 6.07) is 9.00. The van der Waals surface area contributed by atoms with Crippen molar-refractivity contribution in [3.63, 3.8) is 0 Å². The Kier molecular flexibility index (Phi) is 6.28. The van der Waals surface area contributed by atoms with Crippen molar-refractivity contribution >= 4 is 11.8 Å². The molecular weight excluding hydrogens is 376 g/mol. The molecule has 0 fully saturated rings. The molecule has 3 rings (SSSR count). The molecule has 0 unspecified atom stereocenters. The van der Waals surface area contributed by atoms with Crippen molar-refractivity contribution < 1.29 is 23.5 Å². The molecule has 29 heavy (non-hydrogen) atoms. The Labute approximate surface area is 168 Å². The monoisotopic (exact) mass is 398 g/mol. The number of methoxy groups -OCH3 is 2. The largest absolute Gasteiger partial charge is 0.493 e. The number of carbonyl (C=O) groups is 1. The van der Waals surface area contributed by atoms with E-state index in [2.05, 4.69) is 15.1 Å².